The molecule has 0 aliphatic rings. The number of aromatic nitrogens is 1. The fourth-order valence-corrected chi connectivity index (χ4v) is 1.52. The summed E-state index contributed by atoms with van der Waals surface area (Å²) in [4.78, 5) is 0. The SMILES string of the molecule is CCCCc1onc(N)c1CC(C)C. The minimum atomic E-state index is 0.574. The molecule has 0 bridgehead atoms. The number of anilines is 1. The molecule has 0 fully saturated rings. The van der Waals surface area contributed by atoms with Crippen LogP contribution in [0.25, 0.3) is 0 Å². The van der Waals surface area contributed by atoms with Crippen molar-refractivity contribution in [3.05, 3.63) is 11.3 Å². The highest BCUT2D eigenvalue weighted by Crippen LogP contribution is 2.21. The van der Waals surface area contributed by atoms with Gasteiger partial charge in [0.2, 0.25) is 0 Å². The topological polar surface area (TPSA) is 52.0 Å². The fraction of sp³-hybridized carbons (Fsp3) is 0.727. The molecule has 1 rings (SSSR count). The van der Waals surface area contributed by atoms with Crippen molar-refractivity contribution in [1.29, 1.82) is 0 Å². The molecule has 0 aliphatic carbocycles. The second kappa shape index (κ2) is 5.03. The van der Waals surface area contributed by atoms with Gasteiger partial charge in [-0.25, -0.2) is 0 Å². The van der Waals surface area contributed by atoms with Crippen molar-refractivity contribution in [3.8, 4) is 0 Å². The number of rotatable bonds is 5. The molecule has 0 saturated heterocycles. The van der Waals surface area contributed by atoms with Crippen molar-refractivity contribution < 1.29 is 4.52 Å². The van der Waals surface area contributed by atoms with E-state index in [4.69, 9.17) is 10.3 Å². The van der Waals surface area contributed by atoms with Gasteiger partial charge in [0.25, 0.3) is 0 Å². The zero-order chi connectivity index (χ0) is 10.6. The van der Waals surface area contributed by atoms with E-state index in [1.165, 1.54) is 6.42 Å². The molecule has 2 N–H and O–H groups in total. The third-order valence-electron chi connectivity index (χ3n) is 2.27. The molecule has 1 heterocycles. The van der Waals surface area contributed by atoms with Crippen LogP contribution < -0.4 is 5.73 Å². The van der Waals surface area contributed by atoms with Crippen LogP contribution in [0.15, 0.2) is 4.52 Å². The van der Waals surface area contributed by atoms with Crippen molar-refractivity contribution >= 4 is 5.82 Å². The predicted octanol–water partition coefficient (Wildman–Crippen LogP) is 2.80. The highest BCUT2D eigenvalue weighted by molar-refractivity contribution is 5.40. The van der Waals surface area contributed by atoms with E-state index in [0.717, 1.165) is 30.6 Å². The summed E-state index contributed by atoms with van der Waals surface area (Å²) in [5, 5.41) is 3.83. The molecule has 80 valence electrons. The maximum atomic E-state index is 5.76. The predicted molar refractivity (Wildman–Crippen MR) is 58.1 cm³/mol. The van der Waals surface area contributed by atoms with E-state index >= 15 is 0 Å². The van der Waals surface area contributed by atoms with Crippen LogP contribution in [-0.4, -0.2) is 5.16 Å². The summed E-state index contributed by atoms with van der Waals surface area (Å²) in [7, 11) is 0. The first kappa shape index (κ1) is 11.1. The van der Waals surface area contributed by atoms with Crippen molar-refractivity contribution in [2.24, 2.45) is 5.92 Å². The van der Waals surface area contributed by atoms with Gasteiger partial charge in [0.15, 0.2) is 5.82 Å². The van der Waals surface area contributed by atoms with Crippen LogP contribution in [-0.2, 0) is 12.8 Å². The molecule has 0 aliphatic heterocycles. The zero-order valence-electron chi connectivity index (χ0n) is 9.34. The number of unbranched alkanes of at least 4 members (excludes halogenated alkanes) is 1. The molecule has 0 saturated carbocycles. The minimum absolute atomic E-state index is 0.574. The van der Waals surface area contributed by atoms with Crippen molar-refractivity contribution in [2.75, 3.05) is 5.73 Å². The van der Waals surface area contributed by atoms with E-state index in [0.29, 0.717) is 11.7 Å². The summed E-state index contributed by atoms with van der Waals surface area (Å²) in [5.41, 5.74) is 6.88. The summed E-state index contributed by atoms with van der Waals surface area (Å²) < 4.78 is 5.22. The van der Waals surface area contributed by atoms with E-state index in [2.05, 4.69) is 25.9 Å². The standard InChI is InChI=1S/C11H20N2O/c1-4-5-6-10-9(7-8(2)3)11(12)13-14-10/h8H,4-7H2,1-3H3,(H2,12,13). The van der Waals surface area contributed by atoms with Crippen LogP contribution in [0, 0.1) is 5.92 Å². The van der Waals surface area contributed by atoms with Crippen LogP contribution >= 0.6 is 0 Å². The molecule has 0 aromatic carbocycles. The van der Waals surface area contributed by atoms with Crippen molar-refractivity contribution in [2.45, 2.75) is 46.5 Å². The van der Waals surface area contributed by atoms with Gasteiger partial charge in [-0.15, -0.1) is 0 Å². The number of hydrogen-bond donors (Lipinski definition) is 1. The Morgan fingerprint density at radius 1 is 1.43 bits per heavy atom. The largest absolute Gasteiger partial charge is 0.381 e. The highest BCUT2D eigenvalue weighted by atomic mass is 16.5. The van der Waals surface area contributed by atoms with Gasteiger partial charge in [0, 0.05) is 12.0 Å². The maximum absolute atomic E-state index is 5.76. The average Bonchev–Trinajstić information content (AvgIpc) is 2.45. The lowest BCUT2D eigenvalue weighted by molar-refractivity contribution is 0.380. The zero-order valence-corrected chi connectivity index (χ0v) is 9.34. The third-order valence-corrected chi connectivity index (χ3v) is 2.27. The fourth-order valence-electron chi connectivity index (χ4n) is 1.52. The molecular formula is C11H20N2O. The Labute approximate surface area is 85.7 Å². The van der Waals surface area contributed by atoms with Gasteiger partial charge < -0.3 is 10.3 Å². The Morgan fingerprint density at radius 3 is 2.71 bits per heavy atom. The number of nitrogens with two attached hydrogens (primary N) is 1. The number of nitrogens with zero attached hydrogens (tertiary/aromatic N) is 1. The van der Waals surface area contributed by atoms with Crippen molar-refractivity contribution in [3.63, 3.8) is 0 Å². The lowest BCUT2D eigenvalue weighted by Crippen LogP contribution is -2.00. The van der Waals surface area contributed by atoms with E-state index < -0.39 is 0 Å². The van der Waals surface area contributed by atoms with Crippen LogP contribution in [0.5, 0.6) is 0 Å². The first-order chi connectivity index (χ1) is 6.65. The Morgan fingerprint density at radius 2 is 2.14 bits per heavy atom. The molecule has 1 aromatic rings. The normalized spacial score (nSPS) is 11.1. The molecule has 0 spiro atoms. The van der Waals surface area contributed by atoms with Gasteiger partial charge in [-0.05, 0) is 18.8 Å². The monoisotopic (exact) mass is 196 g/mol. The molecular weight excluding hydrogens is 176 g/mol. The quantitative estimate of drug-likeness (QED) is 0.787. The lowest BCUT2D eigenvalue weighted by atomic mass is 10.0. The average molecular weight is 196 g/mol. The molecule has 0 radical (unpaired) electrons. The Kier molecular flexibility index (Phi) is 3.98. The van der Waals surface area contributed by atoms with Gasteiger partial charge >= 0.3 is 0 Å². The van der Waals surface area contributed by atoms with Gasteiger partial charge in [0.05, 0.1) is 0 Å². The minimum Gasteiger partial charge on any atom is -0.381 e. The van der Waals surface area contributed by atoms with Crippen LogP contribution in [0.1, 0.15) is 44.9 Å². The highest BCUT2D eigenvalue weighted by Gasteiger charge is 2.14. The van der Waals surface area contributed by atoms with Gasteiger partial charge in [-0.2, -0.15) is 0 Å². The third kappa shape index (κ3) is 2.76. The van der Waals surface area contributed by atoms with Crippen LogP contribution in [0.4, 0.5) is 5.82 Å². The van der Waals surface area contributed by atoms with E-state index in [1.807, 2.05) is 0 Å². The Hall–Kier alpha value is -0.990. The first-order valence-corrected chi connectivity index (χ1v) is 5.38. The maximum Gasteiger partial charge on any atom is 0.170 e. The van der Waals surface area contributed by atoms with Crippen molar-refractivity contribution in [1.82, 2.24) is 5.16 Å². The molecule has 0 atom stereocenters. The van der Waals surface area contributed by atoms with Gasteiger partial charge in [0.1, 0.15) is 5.76 Å². The number of nitrogen functional groups attached to an aromatic ring is 1. The first-order valence-electron chi connectivity index (χ1n) is 5.38. The lowest BCUT2D eigenvalue weighted by Gasteiger charge is -2.04. The summed E-state index contributed by atoms with van der Waals surface area (Å²) in [6.45, 7) is 6.52. The molecule has 14 heavy (non-hydrogen) atoms. The molecule has 3 heteroatoms. The van der Waals surface area contributed by atoms with Crippen LogP contribution in [0.3, 0.4) is 0 Å². The summed E-state index contributed by atoms with van der Waals surface area (Å²) >= 11 is 0. The second-order valence-electron chi connectivity index (χ2n) is 4.17. The van der Waals surface area contributed by atoms with E-state index in [-0.39, 0.29) is 0 Å². The summed E-state index contributed by atoms with van der Waals surface area (Å²) in [5.74, 6) is 2.15. The van der Waals surface area contributed by atoms with E-state index in [9.17, 15) is 0 Å². The Balaban J connectivity index is 2.72. The van der Waals surface area contributed by atoms with Gasteiger partial charge in [-0.1, -0.05) is 32.3 Å². The molecule has 3 nitrogen and oxygen atoms in total. The number of aryl methyl sites for hydroxylation is 1. The second-order valence-corrected chi connectivity index (χ2v) is 4.17. The molecule has 0 amide bonds. The van der Waals surface area contributed by atoms with Crippen LogP contribution in [0.2, 0.25) is 0 Å². The van der Waals surface area contributed by atoms with Gasteiger partial charge in [-0.3, -0.25) is 0 Å². The molecule has 1 aromatic heterocycles. The molecule has 0 unspecified atom stereocenters. The number of hydrogen-bond acceptors (Lipinski definition) is 3. The summed E-state index contributed by atoms with van der Waals surface area (Å²) in [6, 6.07) is 0. The smallest absolute Gasteiger partial charge is 0.170 e. The van der Waals surface area contributed by atoms with E-state index in [1.54, 1.807) is 0 Å². The Bertz CT molecular complexity index is 279. The summed E-state index contributed by atoms with van der Waals surface area (Å²) in [6.07, 6.45) is 4.23.